The Morgan fingerprint density at radius 3 is 2.14 bits per heavy atom. The summed E-state index contributed by atoms with van der Waals surface area (Å²) in [4.78, 5) is 4.59. The Labute approximate surface area is 168 Å². The van der Waals surface area contributed by atoms with Crippen LogP contribution in [0.3, 0.4) is 0 Å². The molecule has 0 aliphatic rings. The van der Waals surface area contributed by atoms with Gasteiger partial charge in [-0.25, -0.2) is 9.67 Å². The van der Waals surface area contributed by atoms with Crippen molar-refractivity contribution >= 4 is 11.0 Å². The first kappa shape index (κ1) is 20.4. The molecule has 0 aliphatic heterocycles. The number of hydrogen-bond donors (Lipinski definition) is 1. The van der Waals surface area contributed by atoms with Gasteiger partial charge >= 0.3 is 0 Å². The van der Waals surface area contributed by atoms with Crippen LogP contribution in [0.5, 0.6) is 5.75 Å². The van der Waals surface area contributed by atoms with E-state index in [1.807, 2.05) is 16.9 Å². The molecule has 1 N–H and O–H groups in total. The number of unbranched alkanes of at least 4 members (excludes halogenated alkanes) is 1. The van der Waals surface area contributed by atoms with Crippen LogP contribution in [-0.4, -0.2) is 19.9 Å². The molecular formula is C24H33N3O. The summed E-state index contributed by atoms with van der Waals surface area (Å²) in [6.45, 7) is 15.9. The van der Waals surface area contributed by atoms with Crippen LogP contribution in [0.1, 0.15) is 72.4 Å². The molecule has 0 saturated heterocycles. The summed E-state index contributed by atoms with van der Waals surface area (Å²) in [6.07, 6.45) is 4.02. The zero-order valence-electron chi connectivity index (χ0n) is 18.3. The Morgan fingerprint density at radius 1 is 1.00 bits per heavy atom. The van der Waals surface area contributed by atoms with Crippen molar-refractivity contribution < 1.29 is 5.11 Å². The molecule has 4 heteroatoms. The van der Waals surface area contributed by atoms with Gasteiger partial charge in [-0.3, -0.25) is 0 Å². The van der Waals surface area contributed by atoms with Crippen molar-refractivity contribution in [1.82, 2.24) is 14.8 Å². The molecule has 28 heavy (non-hydrogen) atoms. The first-order valence-electron chi connectivity index (χ1n) is 10.2. The first-order valence-corrected chi connectivity index (χ1v) is 10.2. The molecule has 0 unspecified atom stereocenters. The van der Waals surface area contributed by atoms with Gasteiger partial charge in [0.05, 0.1) is 0 Å². The average Bonchev–Trinajstić information content (AvgIpc) is 2.97. The molecule has 0 amide bonds. The number of fused-ring (bicyclic) bond motifs is 1. The van der Waals surface area contributed by atoms with E-state index in [4.69, 9.17) is 5.10 Å². The fourth-order valence-corrected chi connectivity index (χ4v) is 3.60. The van der Waals surface area contributed by atoms with Crippen LogP contribution in [0.4, 0.5) is 0 Å². The van der Waals surface area contributed by atoms with Crippen molar-refractivity contribution in [2.24, 2.45) is 0 Å². The Morgan fingerprint density at radius 2 is 1.61 bits per heavy atom. The number of nitrogens with zero attached hydrogens (tertiary/aromatic N) is 3. The van der Waals surface area contributed by atoms with Crippen LogP contribution in [0.25, 0.3) is 22.3 Å². The Hall–Kier alpha value is -2.36. The molecule has 2 heterocycles. The Bertz CT molecular complexity index is 952. The normalized spacial score (nSPS) is 12.7. The predicted molar refractivity (Wildman–Crippen MR) is 117 cm³/mol. The maximum absolute atomic E-state index is 11.0. The van der Waals surface area contributed by atoms with Gasteiger partial charge in [0.25, 0.3) is 0 Å². The topological polar surface area (TPSA) is 50.9 Å². The highest BCUT2D eigenvalue weighted by molar-refractivity contribution is 5.91. The number of rotatable bonds is 4. The molecule has 3 rings (SSSR count). The highest BCUT2D eigenvalue weighted by Crippen LogP contribution is 2.42. The summed E-state index contributed by atoms with van der Waals surface area (Å²) in [5.41, 5.74) is 4.48. The van der Waals surface area contributed by atoms with Crippen molar-refractivity contribution in [2.75, 3.05) is 0 Å². The van der Waals surface area contributed by atoms with E-state index in [0.29, 0.717) is 5.75 Å². The number of hydrogen-bond acceptors (Lipinski definition) is 3. The van der Waals surface area contributed by atoms with Gasteiger partial charge in [0.1, 0.15) is 11.4 Å². The lowest BCUT2D eigenvalue weighted by Gasteiger charge is -2.28. The summed E-state index contributed by atoms with van der Waals surface area (Å²) in [7, 11) is 0. The zero-order chi connectivity index (χ0) is 20.7. The minimum atomic E-state index is -0.168. The molecular weight excluding hydrogens is 346 g/mol. The number of pyridine rings is 1. The minimum absolute atomic E-state index is 0.168. The molecule has 0 atom stereocenters. The van der Waals surface area contributed by atoms with Crippen molar-refractivity contribution in [3.05, 3.63) is 41.6 Å². The molecule has 0 radical (unpaired) electrons. The lowest BCUT2D eigenvalue weighted by atomic mass is 9.78. The van der Waals surface area contributed by atoms with Crippen molar-refractivity contribution in [1.29, 1.82) is 0 Å². The van der Waals surface area contributed by atoms with E-state index in [1.54, 1.807) is 0 Å². The molecule has 0 aliphatic carbocycles. The number of aryl methyl sites for hydroxylation is 1. The summed E-state index contributed by atoms with van der Waals surface area (Å²) >= 11 is 0. The summed E-state index contributed by atoms with van der Waals surface area (Å²) in [5, 5.41) is 17.0. The molecule has 0 spiro atoms. The number of aromatic hydroxyl groups is 1. The molecule has 150 valence electrons. The van der Waals surface area contributed by atoms with Gasteiger partial charge in [0.2, 0.25) is 0 Å². The lowest BCUT2D eigenvalue weighted by Crippen LogP contribution is -2.17. The molecule has 0 fully saturated rings. The van der Waals surface area contributed by atoms with E-state index in [-0.39, 0.29) is 10.8 Å². The van der Waals surface area contributed by atoms with Crippen LogP contribution in [0.15, 0.2) is 30.5 Å². The third-order valence-electron chi connectivity index (χ3n) is 5.23. The second kappa shape index (κ2) is 7.23. The highest BCUT2D eigenvalue weighted by Gasteiger charge is 2.28. The van der Waals surface area contributed by atoms with Gasteiger partial charge in [0.15, 0.2) is 5.65 Å². The van der Waals surface area contributed by atoms with Gasteiger partial charge in [-0.05, 0) is 41.5 Å². The molecule has 0 bridgehead atoms. The van der Waals surface area contributed by atoms with Gasteiger partial charge in [-0.2, -0.15) is 5.10 Å². The fourth-order valence-electron chi connectivity index (χ4n) is 3.60. The van der Waals surface area contributed by atoms with Crippen LogP contribution in [0.2, 0.25) is 0 Å². The predicted octanol–water partition coefficient (Wildman–Crippen LogP) is 6.20. The Balaban J connectivity index is 2.30. The number of aromatic nitrogens is 3. The monoisotopic (exact) mass is 379 g/mol. The van der Waals surface area contributed by atoms with Gasteiger partial charge in [-0.1, -0.05) is 54.9 Å². The maximum Gasteiger partial charge on any atom is 0.158 e. The highest BCUT2D eigenvalue weighted by atomic mass is 16.3. The van der Waals surface area contributed by atoms with Crippen LogP contribution in [-0.2, 0) is 17.4 Å². The second-order valence-electron chi connectivity index (χ2n) is 9.72. The standard InChI is InChI=1S/C24H33N3O/c1-8-9-13-27-22-17(11-10-12-25-22)20(26-27)16-14-18(23(2,3)4)21(28)19(15-16)24(5,6)7/h10-12,14-15,28H,8-9,13H2,1-7H3. The van der Waals surface area contributed by atoms with E-state index in [2.05, 4.69) is 71.6 Å². The molecule has 1 aromatic carbocycles. The summed E-state index contributed by atoms with van der Waals surface area (Å²) in [6, 6.07) is 8.26. The number of phenolic OH excluding ortho intramolecular Hbond substituents is 1. The fraction of sp³-hybridized carbons (Fsp3) is 0.500. The van der Waals surface area contributed by atoms with E-state index < -0.39 is 0 Å². The number of phenols is 1. The van der Waals surface area contributed by atoms with Crippen molar-refractivity contribution in [2.45, 2.75) is 78.7 Å². The third kappa shape index (κ3) is 3.78. The lowest BCUT2D eigenvalue weighted by molar-refractivity contribution is 0.423. The van der Waals surface area contributed by atoms with E-state index in [9.17, 15) is 5.11 Å². The third-order valence-corrected chi connectivity index (χ3v) is 5.23. The quantitative estimate of drug-likeness (QED) is 0.587. The average molecular weight is 380 g/mol. The molecule has 2 aromatic heterocycles. The van der Waals surface area contributed by atoms with E-state index in [1.165, 1.54) is 0 Å². The number of benzene rings is 1. The molecule has 3 aromatic rings. The van der Waals surface area contributed by atoms with Gasteiger partial charge in [-0.15, -0.1) is 0 Å². The van der Waals surface area contributed by atoms with Crippen molar-refractivity contribution in [3.63, 3.8) is 0 Å². The first-order chi connectivity index (χ1) is 13.0. The van der Waals surface area contributed by atoms with Crippen LogP contribution in [0, 0.1) is 0 Å². The smallest absolute Gasteiger partial charge is 0.158 e. The second-order valence-corrected chi connectivity index (χ2v) is 9.72. The minimum Gasteiger partial charge on any atom is -0.507 e. The van der Waals surface area contributed by atoms with Crippen molar-refractivity contribution in [3.8, 4) is 17.0 Å². The van der Waals surface area contributed by atoms with E-state index in [0.717, 1.165) is 52.8 Å². The largest absolute Gasteiger partial charge is 0.507 e. The molecule has 4 nitrogen and oxygen atoms in total. The zero-order valence-corrected chi connectivity index (χ0v) is 18.3. The summed E-state index contributed by atoms with van der Waals surface area (Å²) < 4.78 is 2.02. The summed E-state index contributed by atoms with van der Waals surface area (Å²) in [5.74, 6) is 0.400. The van der Waals surface area contributed by atoms with Crippen LogP contribution >= 0.6 is 0 Å². The van der Waals surface area contributed by atoms with Gasteiger partial charge < -0.3 is 5.11 Å². The van der Waals surface area contributed by atoms with Gasteiger partial charge in [0, 0.05) is 34.8 Å². The SMILES string of the molecule is CCCCn1nc(-c2cc(C(C)(C)C)c(O)c(C(C)(C)C)c2)c2cccnc21. The maximum atomic E-state index is 11.0. The molecule has 0 saturated carbocycles. The Kier molecular flexibility index (Phi) is 5.26. The van der Waals surface area contributed by atoms with E-state index >= 15 is 0 Å². The van der Waals surface area contributed by atoms with Crippen LogP contribution < -0.4 is 0 Å².